The fraction of sp³-hybridized carbons (Fsp3) is 0.100. The van der Waals surface area contributed by atoms with Crippen molar-refractivity contribution in [2.75, 3.05) is 12.4 Å². The van der Waals surface area contributed by atoms with E-state index in [0.717, 1.165) is 16.2 Å². The molecule has 2 heterocycles. The van der Waals surface area contributed by atoms with E-state index in [-0.39, 0.29) is 17.1 Å². The molecule has 0 unspecified atom stereocenters. The van der Waals surface area contributed by atoms with E-state index in [2.05, 4.69) is 15.0 Å². The molecule has 2 aromatic carbocycles. The van der Waals surface area contributed by atoms with E-state index >= 15 is 0 Å². The van der Waals surface area contributed by atoms with Gasteiger partial charge in [0.15, 0.2) is 16.5 Å². The Hall–Kier alpha value is -3.46. The van der Waals surface area contributed by atoms with Crippen LogP contribution in [-0.2, 0) is 0 Å². The summed E-state index contributed by atoms with van der Waals surface area (Å²) in [6, 6.07) is 11.3. The predicted molar refractivity (Wildman–Crippen MR) is 106 cm³/mol. The molecule has 6 nitrogen and oxygen atoms in total. The minimum atomic E-state index is -2.98. The molecule has 2 aromatic heterocycles. The van der Waals surface area contributed by atoms with Gasteiger partial charge in [0.2, 0.25) is 0 Å². The SMILES string of the molecule is COc1cc(C(=O)Nc2ccc(-c3cn4ccsc4n3)cc2)ccc1OC(F)F. The molecule has 0 aliphatic carbocycles. The molecule has 0 fully saturated rings. The molecule has 4 aromatic rings. The molecule has 0 bridgehead atoms. The molecule has 148 valence electrons. The van der Waals surface area contributed by atoms with Crippen molar-refractivity contribution < 1.29 is 23.0 Å². The number of rotatable bonds is 6. The maximum atomic E-state index is 12.5. The number of thiazole rings is 1. The highest BCUT2D eigenvalue weighted by Crippen LogP contribution is 2.30. The number of ether oxygens (including phenoxy) is 2. The summed E-state index contributed by atoms with van der Waals surface area (Å²) in [5, 5.41) is 4.73. The van der Waals surface area contributed by atoms with Crippen molar-refractivity contribution in [2.24, 2.45) is 0 Å². The second-order valence-electron chi connectivity index (χ2n) is 5.99. The van der Waals surface area contributed by atoms with Crippen molar-refractivity contribution in [2.45, 2.75) is 6.61 Å². The number of alkyl halides is 2. The summed E-state index contributed by atoms with van der Waals surface area (Å²) in [5.41, 5.74) is 2.61. The van der Waals surface area contributed by atoms with Gasteiger partial charge >= 0.3 is 6.61 Å². The summed E-state index contributed by atoms with van der Waals surface area (Å²) < 4.78 is 36.2. The number of halogens is 2. The number of fused-ring (bicyclic) bond motifs is 1. The zero-order chi connectivity index (χ0) is 20.4. The predicted octanol–water partition coefficient (Wildman–Crippen LogP) is 4.93. The molecule has 0 radical (unpaired) electrons. The van der Waals surface area contributed by atoms with Crippen LogP contribution in [0, 0.1) is 0 Å². The first kappa shape index (κ1) is 18.9. The van der Waals surface area contributed by atoms with E-state index in [1.165, 1.54) is 25.3 Å². The zero-order valence-corrected chi connectivity index (χ0v) is 16.0. The van der Waals surface area contributed by atoms with E-state index < -0.39 is 12.5 Å². The van der Waals surface area contributed by atoms with Gasteiger partial charge in [0.1, 0.15) is 0 Å². The van der Waals surface area contributed by atoms with Crippen LogP contribution in [0.1, 0.15) is 10.4 Å². The minimum absolute atomic E-state index is 0.0491. The van der Waals surface area contributed by atoms with Gasteiger partial charge in [0.05, 0.1) is 12.8 Å². The number of nitrogens with one attached hydrogen (secondary N) is 1. The van der Waals surface area contributed by atoms with Crippen LogP contribution >= 0.6 is 11.3 Å². The van der Waals surface area contributed by atoms with Crippen LogP contribution in [0.2, 0.25) is 0 Å². The van der Waals surface area contributed by atoms with Gasteiger partial charge in [0, 0.05) is 34.6 Å². The number of amides is 1. The van der Waals surface area contributed by atoms with Gasteiger partial charge in [0.25, 0.3) is 5.91 Å². The summed E-state index contributed by atoms with van der Waals surface area (Å²) in [6.07, 6.45) is 3.88. The van der Waals surface area contributed by atoms with E-state index in [1.54, 1.807) is 23.5 Å². The maximum Gasteiger partial charge on any atom is 0.387 e. The molecule has 0 saturated heterocycles. The minimum Gasteiger partial charge on any atom is -0.493 e. The van der Waals surface area contributed by atoms with Gasteiger partial charge in [-0.2, -0.15) is 8.78 Å². The van der Waals surface area contributed by atoms with Crippen molar-refractivity contribution >= 4 is 27.9 Å². The summed E-state index contributed by atoms with van der Waals surface area (Å²) in [5.74, 6) is -0.487. The molecule has 0 saturated carbocycles. The summed E-state index contributed by atoms with van der Waals surface area (Å²) >= 11 is 1.55. The zero-order valence-electron chi connectivity index (χ0n) is 15.1. The molecule has 0 aliphatic rings. The Labute approximate surface area is 168 Å². The second kappa shape index (κ2) is 7.88. The summed E-state index contributed by atoms with van der Waals surface area (Å²) in [7, 11) is 1.31. The standard InChI is InChI=1S/C20H15F2N3O3S/c1-27-17-10-13(4-7-16(17)28-19(21)22)18(26)23-14-5-2-12(3-6-14)15-11-25-8-9-29-20(25)24-15/h2-11,19H,1H3,(H,23,26). The summed E-state index contributed by atoms with van der Waals surface area (Å²) in [4.78, 5) is 17.9. The lowest BCUT2D eigenvalue weighted by molar-refractivity contribution is -0.0512. The Morgan fingerprint density at radius 3 is 2.66 bits per heavy atom. The average molecular weight is 415 g/mol. The van der Waals surface area contributed by atoms with Gasteiger partial charge in [-0.3, -0.25) is 9.20 Å². The third-order valence-electron chi connectivity index (χ3n) is 4.17. The highest BCUT2D eigenvalue weighted by molar-refractivity contribution is 7.15. The molecule has 0 aliphatic heterocycles. The number of imidazole rings is 1. The first-order valence-corrected chi connectivity index (χ1v) is 9.38. The van der Waals surface area contributed by atoms with Crippen LogP contribution < -0.4 is 14.8 Å². The number of methoxy groups -OCH3 is 1. The lowest BCUT2D eigenvalue weighted by Crippen LogP contribution is -2.12. The smallest absolute Gasteiger partial charge is 0.387 e. The van der Waals surface area contributed by atoms with Crippen molar-refractivity contribution in [3.05, 3.63) is 65.8 Å². The lowest BCUT2D eigenvalue weighted by Gasteiger charge is -2.11. The topological polar surface area (TPSA) is 64.9 Å². The number of benzene rings is 2. The highest BCUT2D eigenvalue weighted by Gasteiger charge is 2.14. The highest BCUT2D eigenvalue weighted by atomic mass is 32.1. The number of aromatic nitrogens is 2. The Morgan fingerprint density at radius 2 is 1.97 bits per heavy atom. The Kier molecular flexibility index (Phi) is 5.13. The monoisotopic (exact) mass is 415 g/mol. The number of carbonyl (C=O) groups excluding carboxylic acids is 1. The van der Waals surface area contributed by atoms with Crippen LogP contribution in [0.25, 0.3) is 16.2 Å². The van der Waals surface area contributed by atoms with E-state index in [1.807, 2.05) is 34.3 Å². The van der Waals surface area contributed by atoms with E-state index in [0.29, 0.717) is 5.69 Å². The van der Waals surface area contributed by atoms with Crippen molar-refractivity contribution in [3.8, 4) is 22.8 Å². The lowest BCUT2D eigenvalue weighted by atomic mass is 10.1. The normalized spacial score (nSPS) is 11.0. The molecular formula is C20H15F2N3O3S. The van der Waals surface area contributed by atoms with Crippen LogP contribution in [0.4, 0.5) is 14.5 Å². The second-order valence-corrected chi connectivity index (χ2v) is 6.87. The van der Waals surface area contributed by atoms with Crippen molar-refractivity contribution in [1.82, 2.24) is 9.38 Å². The molecule has 9 heteroatoms. The fourth-order valence-corrected chi connectivity index (χ4v) is 3.50. The quantitative estimate of drug-likeness (QED) is 0.485. The Morgan fingerprint density at radius 1 is 1.17 bits per heavy atom. The molecule has 1 amide bonds. The van der Waals surface area contributed by atoms with Gasteiger partial charge in [-0.05, 0) is 30.3 Å². The van der Waals surface area contributed by atoms with Crippen LogP contribution in [-0.4, -0.2) is 29.0 Å². The number of hydrogen-bond acceptors (Lipinski definition) is 5. The van der Waals surface area contributed by atoms with Crippen LogP contribution in [0.15, 0.2) is 60.2 Å². The number of hydrogen-bond donors (Lipinski definition) is 1. The molecule has 1 N–H and O–H groups in total. The number of carbonyl (C=O) groups is 1. The first-order chi connectivity index (χ1) is 14.0. The van der Waals surface area contributed by atoms with Crippen LogP contribution in [0.3, 0.4) is 0 Å². The Bertz CT molecular complexity index is 1130. The van der Waals surface area contributed by atoms with Crippen LogP contribution in [0.5, 0.6) is 11.5 Å². The van der Waals surface area contributed by atoms with Crippen molar-refractivity contribution in [3.63, 3.8) is 0 Å². The van der Waals surface area contributed by atoms with Gasteiger partial charge in [-0.15, -0.1) is 11.3 Å². The van der Waals surface area contributed by atoms with Crippen molar-refractivity contribution in [1.29, 1.82) is 0 Å². The summed E-state index contributed by atoms with van der Waals surface area (Å²) in [6.45, 7) is -2.98. The molecule has 29 heavy (non-hydrogen) atoms. The first-order valence-electron chi connectivity index (χ1n) is 8.50. The van der Waals surface area contributed by atoms with Gasteiger partial charge in [-0.25, -0.2) is 4.98 Å². The molecule has 0 spiro atoms. The molecular weight excluding hydrogens is 400 g/mol. The Balaban J connectivity index is 1.48. The van der Waals surface area contributed by atoms with Gasteiger partial charge < -0.3 is 14.8 Å². The van der Waals surface area contributed by atoms with E-state index in [4.69, 9.17) is 4.74 Å². The third-order valence-corrected chi connectivity index (χ3v) is 4.94. The maximum absolute atomic E-state index is 12.5. The van der Waals surface area contributed by atoms with Gasteiger partial charge in [-0.1, -0.05) is 12.1 Å². The third kappa shape index (κ3) is 4.04. The largest absolute Gasteiger partial charge is 0.493 e. The fourth-order valence-electron chi connectivity index (χ4n) is 2.80. The number of anilines is 1. The molecule has 4 rings (SSSR count). The number of nitrogens with zero attached hydrogens (tertiary/aromatic N) is 2. The molecule has 0 atom stereocenters. The van der Waals surface area contributed by atoms with E-state index in [9.17, 15) is 13.6 Å². The average Bonchev–Trinajstić information content (AvgIpc) is 3.30.